The van der Waals surface area contributed by atoms with Gasteiger partial charge in [0.15, 0.2) is 0 Å². The minimum absolute atomic E-state index is 0.103. The van der Waals surface area contributed by atoms with E-state index < -0.39 is 0 Å². The van der Waals surface area contributed by atoms with Crippen LogP contribution in [-0.4, -0.2) is 35.4 Å². The van der Waals surface area contributed by atoms with E-state index in [0.29, 0.717) is 6.54 Å². The van der Waals surface area contributed by atoms with E-state index in [1.54, 1.807) is 11.3 Å². The van der Waals surface area contributed by atoms with Crippen molar-refractivity contribution in [3.05, 3.63) is 52.5 Å². The van der Waals surface area contributed by atoms with Gasteiger partial charge in [-0.2, -0.15) is 0 Å². The first-order chi connectivity index (χ1) is 11.7. The molecule has 3 rings (SSSR count). The van der Waals surface area contributed by atoms with E-state index in [1.165, 1.54) is 5.56 Å². The lowest BCUT2D eigenvalue weighted by Crippen LogP contribution is -2.43. The van der Waals surface area contributed by atoms with E-state index in [4.69, 9.17) is 0 Å². The van der Waals surface area contributed by atoms with Gasteiger partial charge >= 0.3 is 0 Å². The summed E-state index contributed by atoms with van der Waals surface area (Å²) in [6.07, 6.45) is 3.90. The molecule has 0 radical (unpaired) electrons. The van der Waals surface area contributed by atoms with Gasteiger partial charge < -0.3 is 5.32 Å². The number of likely N-dealkylation sites (tertiary alicyclic amines) is 1. The summed E-state index contributed by atoms with van der Waals surface area (Å²) >= 11 is 1.65. The molecule has 0 spiro atoms. The Kier molecular flexibility index (Phi) is 5.99. The fourth-order valence-electron chi connectivity index (χ4n) is 3.22. The lowest BCUT2D eigenvalue weighted by molar-refractivity contribution is -0.126. The van der Waals surface area contributed by atoms with Gasteiger partial charge in [0.05, 0.1) is 10.9 Å². The SMILES string of the molecule is CC(CNC(=O)C1CCCN(Cc2ccccc2)C1)c1nccs1. The maximum absolute atomic E-state index is 12.5. The Morgan fingerprint density at radius 2 is 2.25 bits per heavy atom. The highest BCUT2D eigenvalue weighted by Gasteiger charge is 2.26. The monoisotopic (exact) mass is 343 g/mol. The third-order valence-electron chi connectivity index (χ3n) is 4.58. The first kappa shape index (κ1) is 17.1. The Balaban J connectivity index is 1.48. The normalized spacial score (nSPS) is 19.8. The van der Waals surface area contributed by atoms with Crippen LogP contribution in [0.15, 0.2) is 41.9 Å². The third kappa shape index (κ3) is 4.65. The quantitative estimate of drug-likeness (QED) is 0.875. The second kappa shape index (κ2) is 8.40. The van der Waals surface area contributed by atoms with Crippen molar-refractivity contribution in [3.8, 4) is 0 Å². The molecule has 2 heterocycles. The molecule has 1 aromatic carbocycles. The summed E-state index contributed by atoms with van der Waals surface area (Å²) in [6, 6.07) is 10.5. The van der Waals surface area contributed by atoms with Crippen LogP contribution in [0, 0.1) is 5.92 Å². The smallest absolute Gasteiger partial charge is 0.224 e. The van der Waals surface area contributed by atoms with Crippen LogP contribution in [0.2, 0.25) is 0 Å². The van der Waals surface area contributed by atoms with Crippen LogP contribution in [0.25, 0.3) is 0 Å². The third-order valence-corrected chi connectivity index (χ3v) is 5.59. The number of hydrogen-bond donors (Lipinski definition) is 1. The number of benzene rings is 1. The summed E-state index contributed by atoms with van der Waals surface area (Å²) in [7, 11) is 0. The van der Waals surface area contributed by atoms with Crippen molar-refractivity contribution < 1.29 is 4.79 Å². The van der Waals surface area contributed by atoms with Gasteiger partial charge in [0, 0.05) is 37.1 Å². The zero-order chi connectivity index (χ0) is 16.8. The van der Waals surface area contributed by atoms with Crippen molar-refractivity contribution in [1.29, 1.82) is 0 Å². The number of nitrogens with zero attached hydrogens (tertiary/aromatic N) is 2. The number of rotatable bonds is 6. The number of hydrogen-bond acceptors (Lipinski definition) is 4. The first-order valence-corrected chi connectivity index (χ1v) is 9.53. The molecule has 1 amide bonds. The summed E-state index contributed by atoms with van der Waals surface area (Å²) < 4.78 is 0. The molecule has 128 valence electrons. The number of thiazole rings is 1. The molecule has 4 nitrogen and oxygen atoms in total. The van der Waals surface area contributed by atoms with E-state index in [1.807, 2.05) is 17.6 Å². The standard InChI is InChI=1S/C19H25N3OS/c1-15(19-20-9-11-24-19)12-21-18(23)17-8-5-10-22(14-17)13-16-6-3-2-4-7-16/h2-4,6-7,9,11,15,17H,5,8,10,12-14H2,1H3,(H,21,23). The summed E-state index contributed by atoms with van der Waals surface area (Å²) in [5.74, 6) is 0.570. The number of amides is 1. The Hall–Kier alpha value is -1.72. The van der Waals surface area contributed by atoms with Gasteiger partial charge in [-0.05, 0) is 24.9 Å². The highest BCUT2D eigenvalue weighted by Crippen LogP contribution is 2.20. The van der Waals surface area contributed by atoms with Crippen LogP contribution in [0.1, 0.15) is 36.3 Å². The summed E-state index contributed by atoms with van der Waals surface area (Å²) in [5, 5.41) is 6.20. The van der Waals surface area contributed by atoms with Crippen LogP contribution in [0.3, 0.4) is 0 Å². The zero-order valence-corrected chi connectivity index (χ0v) is 15.0. The molecule has 24 heavy (non-hydrogen) atoms. The van der Waals surface area contributed by atoms with Crippen molar-refractivity contribution in [2.75, 3.05) is 19.6 Å². The molecule has 1 aromatic heterocycles. The van der Waals surface area contributed by atoms with Crippen molar-refractivity contribution in [1.82, 2.24) is 15.2 Å². The number of aromatic nitrogens is 1. The molecule has 1 aliphatic rings. The molecule has 1 N–H and O–H groups in total. The highest BCUT2D eigenvalue weighted by molar-refractivity contribution is 7.09. The second-order valence-electron chi connectivity index (χ2n) is 6.58. The minimum atomic E-state index is 0.103. The summed E-state index contributed by atoms with van der Waals surface area (Å²) in [4.78, 5) is 19.2. The maximum atomic E-state index is 12.5. The first-order valence-electron chi connectivity index (χ1n) is 8.66. The average Bonchev–Trinajstić information content (AvgIpc) is 3.15. The summed E-state index contributed by atoms with van der Waals surface area (Å²) in [5.41, 5.74) is 1.32. The number of carbonyl (C=O) groups is 1. The van der Waals surface area contributed by atoms with Gasteiger partial charge in [-0.1, -0.05) is 37.3 Å². The molecule has 0 saturated carbocycles. The van der Waals surface area contributed by atoms with E-state index in [9.17, 15) is 4.79 Å². The number of carbonyl (C=O) groups excluding carboxylic acids is 1. The van der Waals surface area contributed by atoms with Crippen LogP contribution in [0.5, 0.6) is 0 Å². The van der Waals surface area contributed by atoms with Gasteiger partial charge in [0.2, 0.25) is 5.91 Å². The van der Waals surface area contributed by atoms with E-state index in [2.05, 4.69) is 46.4 Å². The molecule has 2 unspecified atom stereocenters. The summed E-state index contributed by atoms with van der Waals surface area (Å²) in [6.45, 7) is 5.64. The maximum Gasteiger partial charge on any atom is 0.224 e. The topological polar surface area (TPSA) is 45.2 Å². The largest absolute Gasteiger partial charge is 0.355 e. The molecule has 1 saturated heterocycles. The zero-order valence-electron chi connectivity index (χ0n) is 14.1. The van der Waals surface area contributed by atoms with Gasteiger partial charge in [0.25, 0.3) is 0 Å². The predicted octanol–water partition coefficient (Wildman–Crippen LogP) is 3.28. The van der Waals surface area contributed by atoms with E-state index in [-0.39, 0.29) is 17.7 Å². The molecule has 5 heteroatoms. The lowest BCUT2D eigenvalue weighted by atomic mass is 9.96. The number of nitrogens with one attached hydrogen (secondary N) is 1. The van der Waals surface area contributed by atoms with Crippen LogP contribution < -0.4 is 5.32 Å². The Bertz CT molecular complexity index is 629. The van der Waals surface area contributed by atoms with Gasteiger partial charge in [-0.3, -0.25) is 9.69 Å². The van der Waals surface area contributed by atoms with Gasteiger partial charge in [-0.25, -0.2) is 4.98 Å². The van der Waals surface area contributed by atoms with Crippen molar-refractivity contribution in [2.24, 2.45) is 5.92 Å². The molecule has 2 atom stereocenters. The average molecular weight is 343 g/mol. The Morgan fingerprint density at radius 1 is 1.42 bits per heavy atom. The Labute approximate surface area is 147 Å². The van der Waals surface area contributed by atoms with Crippen LogP contribution in [0.4, 0.5) is 0 Å². The molecule has 0 bridgehead atoms. The van der Waals surface area contributed by atoms with Crippen LogP contribution >= 0.6 is 11.3 Å². The van der Waals surface area contributed by atoms with Gasteiger partial charge in [0.1, 0.15) is 0 Å². The van der Waals surface area contributed by atoms with Gasteiger partial charge in [-0.15, -0.1) is 11.3 Å². The fourth-order valence-corrected chi connectivity index (χ4v) is 3.92. The van der Waals surface area contributed by atoms with E-state index in [0.717, 1.165) is 37.5 Å². The molecular weight excluding hydrogens is 318 g/mol. The highest BCUT2D eigenvalue weighted by atomic mass is 32.1. The van der Waals surface area contributed by atoms with Crippen molar-refractivity contribution >= 4 is 17.2 Å². The second-order valence-corrected chi connectivity index (χ2v) is 7.50. The lowest BCUT2D eigenvalue weighted by Gasteiger charge is -2.32. The molecular formula is C19H25N3OS. The van der Waals surface area contributed by atoms with Crippen LogP contribution in [-0.2, 0) is 11.3 Å². The van der Waals surface area contributed by atoms with Crippen molar-refractivity contribution in [2.45, 2.75) is 32.2 Å². The number of piperidine rings is 1. The predicted molar refractivity (Wildman–Crippen MR) is 98.0 cm³/mol. The fraction of sp³-hybridized carbons (Fsp3) is 0.474. The molecule has 1 fully saturated rings. The Morgan fingerprint density at radius 3 is 3.00 bits per heavy atom. The van der Waals surface area contributed by atoms with Crippen molar-refractivity contribution in [3.63, 3.8) is 0 Å². The molecule has 1 aliphatic heterocycles. The minimum Gasteiger partial charge on any atom is -0.355 e. The molecule has 2 aromatic rings. The van der Waals surface area contributed by atoms with E-state index >= 15 is 0 Å². The molecule has 0 aliphatic carbocycles.